The molecule has 2 aromatic carbocycles. The maximum atomic E-state index is 11.1. The third kappa shape index (κ3) is 3.06. The van der Waals surface area contributed by atoms with Crippen molar-refractivity contribution in [3.05, 3.63) is 63.1 Å². The van der Waals surface area contributed by atoms with Crippen molar-refractivity contribution >= 4 is 34.9 Å². The number of benzene rings is 2. The SMILES string of the molecule is Cc1c(NCc2cccc(Cl)c2Cl)cccc1C(=O)O. The van der Waals surface area contributed by atoms with Crippen LogP contribution < -0.4 is 5.32 Å². The minimum absolute atomic E-state index is 0.284. The van der Waals surface area contributed by atoms with Gasteiger partial charge in [0.25, 0.3) is 0 Å². The molecule has 5 heteroatoms. The average Bonchev–Trinajstić information content (AvgIpc) is 2.41. The Kier molecular flexibility index (Phi) is 4.53. The minimum atomic E-state index is -0.938. The molecule has 20 heavy (non-hydrogen) atoms. The lowest BCUT2D eigenvalue weighted by molar-refractivity contribution is 0.0696. The van der Waals surface area contributed by atoms with Crippen LogP contribution in [0.15, 0.2) is 36.4 Å². The number of hydrogen-bond acceptors (Lipinski definition) is 2. The van der Waals surface area contributed by atoms with Crippen LogP contribution in [0.1, 0.15) is 21.5 Å². The zero-order valence-electron chi connectivity index (χ0n) is 10.8. The number of carbonyl (C=O) groups is 1. The van der Waals surface area contributed by atoms with Crippen LogP contribution in [0.25, 0.3) is 0 Å². The summed E-state index contributed by atoms with van der Waals surface area (Å²) < 4.78 is 0. The maximum Gasteiger partial charge on any atom is 0.336 e. The highest BCUT2D eigenvalue weighted by atomic mass is 35.5. The Morgan fingerprint density at radius 1 is 1.20 bits per heavy atom. The van der Waals surface area contributed by atoms with Gasteiger partial charge in [0, 0.05) is 12.2 Å². The normalized spacial score (nSPS) is 10.3. The van der Waals surface area contributed by atoms with E-state index in [2.05, 4.69) is 5.32 Å². The standard InChI is InChI=1S/C15H13Cl2NO2/c1-9-11(15(19)20)5-3-7-13(9)18-8-10-4-2-6-12(16)14(10)17/h2-7,18H,8H2,1H3,(H,19,20). The van der Waals surface area contributed by atoms with E-state index in [1.54, 1.807) is 25.1 Å². The lowest BCUT2D eigenvalue weighted by Gasteiger charge is -2.12. The lowest BCUT2D eigenvalue weighted by atomic mass is 10.1. The molecule has 0 saturated heterocycles. The number of anilines is 1. The molecule has 0 aliphatic carbocycles. The second-order valence-corrected chi connectivity index (χ2v) is 5.13. The van der Waals surface area contributed by atoms with E-state index in [0.717, 1.165) is 11.3 Å². The van der Waals surface area contributed by atoms with Gasteiger partial charge in [-0.2, -0.15) is 0 Å². The highest BCUT2D eigenvalue weighted by molar-refractivity contribution is 6.42. The van der Waals surface area contributed by atoms with E-state index >= 15 is 0 Å². The van der Waals surface area contributed by atoms with Crippen LogP contribution in [-0.2, 0) is 6.54 Å². The Labute approximate surface area is 127 Å². The highest BCUT2D eigenvalue weighted by Gasteiger charge is 2.10. The van der Waals surface area contributed by atoms with Crippen LogP contribution >= 0.6 is 23.2 Å². The number of carboxylic acids is 1. The summed E-state index contributed by atoms with van der Waals surface area (Å²) in [5.41, 5.74) is 2.60. The summed E-state index contributed by atoms with van der Waals surface area (Å²) in [5, 5.41) is 13.3. The molecular weight excluding hydrogens is 297 g/mol. The molecule has 0 atom stereocenters. The van der Waals surface area contributed by atoms with Gasteiger partial charge in [0.1, 0.15) is 0 Å². The first-order valence-corrected chi connectivity index (χ1v) is 6.76. The molecule has 0 saturated carbocycles. The molecule has 0 spiro atoms. The van der Waals surface area contributed by atoms with Crippen molar-refractivity contribution in [2.75, 3.05) is 5.32 Å². The van der Waals surface area contributed by atoms with Gasteiger partial charge in [0.05, 0.1) is 15.6 Å². The second kappa shape index (κ2) is 6.16. The Morgan fingerprint density at radius 3 is 2.60 bits per heavy atom. The summed E-state index contributed by atoms with van der Waals surface area (Å²) in [6.45, 7) is 2.24. The summed E-state index contributed by atoms with van der Waals surface area (Å²) >= 11 is 12.1. The summed E-state index contributed by atoms with van der Waals surface area (Å²) in [7, 11) is 0. The smallest absolute Gasteiger partial charge is 0.336 e. The molecule has 0 unspecified atom stereocenters. The molecule has 0 aliphatic rings. The molecule has 0 bridgehead atoms. The van der Waals surface area contributed by atoms with E-state index in [4.69, 9.17) is 28.3 Å². The number of carboxylic acid groups (broad SMARTS) is 1. The Balaban J connectivity index is 2.21. The van der Waals surface area contributed by atoms with Crippen LogP contribution in [0.5, 0.6) is 0 Å². The quantitative estimate of drug-likeness (QED) is 0.867. The molecule has 0 amide bonds. The van der Waals surface area contributed by atoms with Crippen LogP contribution in [0.4, 0.5) is 5.69 Å². The lowest BCUT2D eigenvalue weighted by Crippen LogP contribution is -2.06. The molecule has 0 aromatic heterocycles. The summed E-state index contributed by atoms with van der Waals surface area (Å²) in [6, 6.07) is 10.5. The monoisotopic (exact) mass is 309 g/mol. The van der Waals surface area contributed by atoms with Crippen LogP contribution in [0.2, 0.25) is 10.0 Å². The van der Waals surface area contributed by atoms with Crippen molar-refractivity contribution in [3.63, 3.8) is 0 Å². The number of aromatic carboxylic acids is 1. The van der Waals surface area contributed by atoms with Crippen molar-refractivity contribution in [1.29, 1.82) is 0 Å². The Morgan fingerprint density at radius 2 is 1.90 bits per heavy atom. The van der Waals surface area contributed by atoms with Crippen LogP contribution in [0.3, 0.4) is 0 Å². The number of hydrogen-bond donors (Lipinski definition) is 2. The van der Waals surface area contributed by atoms with Gasteiger partial charge < -0.3 is 10.4 Å². The number of halogens is 2. The van der Waals surface area contributed by atoms with Gasteiger partial charge in [-0.25, -0.2) is 4.79 Å². The first kappa shape index (κ1) is 14.7. The highest BCUT2D eigenvalue weighted by Crippen LogP contribution is 2.27. The molecule has 0 aliphatic heterocycles. The first-order chi connectivity index (χ1) is 9.50. The molecular formula is C15H13Cl2NO2. The first-order valence-electron chi connectivity index (χ1n) is 6.00. The summed E-state index contributed by atoms with van der Waals surface area (Å²) in [6.07, 6.45) is 0. The number of nitrogens with one attached hydrogen (secondary N) is 1. The molecule has 2 rings (SSSR count). The van der Waals surface area contributed by atoms with Crippen molar-refractivity contribution in [3.8, 4) is 0 Å². The molecule has 2 N–H and O–H groups in total. The summed E-state index contributed by atoms with van der Waals surface area (Å²) in [5.74, 6) is -0.938. The van der Waals surface area contributed by atoms with Gasteiger partial charge in [-0.05, 0) is 36.2 Å². The van der Waals surface area contributed by atoms with E-state index in [9.17, 15) is 4.79 Å². The largest absolute Gasteiger partial charge is 0.478 e. The zero-order chi connectivity index (χ0) is 14.7. The topological polar surface area (TPSA) is 49.3 Å². The van der Waals surface area contributed by atoms with E-state index in [0.29, 0.717) is 22.2 Å². The number of rotatable bonds is 4. The van der Waals surface area contributed by atoms with E-state index in [1.165, 1.54) is 0 Å². The molecule has 3 nitrogen and oxygen atoms in total. The van der Waals surface area contributed by atoms with Crippen molar-refractivity contribution < 1.29 is 9.90 Å². The maximum absolute atomic E-state index is 11.1. The Hall–Kier alpha value is -1.71. The van der Waals surface area contributed by atoms with Crippen molar-refractivity contribution in [1.82, 2.24) is 0 Å². The predicted molar refractivity (Wildman–Crippen MR) is 81.9 cm³/mol. The second-order valence-electron chi connectivity index (χ2n) is 4.35. The fourth-order valence-corrected chi connectivity index (χ4v) is 2.32. The van der Waals surface area contributed by atoms with E-state index in [1.807, 2.05) is 18.2 Å². The summed E-state index contributed by atoms with van der Waals surface area (Å²) in [4.78, 5) is 11.1. The molecule has 104 valence electrons. The van der Waals surface area contributed by atoms with Crippen LogP contribution in [-0.4, -0.2) is 11.1 Å². The van der Waals surface area contributed by atoms with Gasteiger partial charge in [0.2, 0.25) is 0 Å². The third-order valence-electron chi connectivity index (χ3n) is 3.07. The van der Waals surface area contributed by atoms with Crippen LogP contribution in [0, 0.1) is 6.92 Å². The van der Waals surface area contributed by atoms with Crippen molar-refractivity contribution in [2.45, 2.75) is 13.5 Å². The fraction of sp³-hybridized carbons (Fsp3) is 0.133. The zero-order valence-corrected chi connectivity index (χ0v) is 12.3. The van der Waals surface area contributed by atoms with E-state index in [-0.39, 0.29) is 5.56 Å². The predicted octanol–water partition coefficient (Wildman–Crippen LogP) is 4.61. The molecule has 0 heterocycles. The molecule has 0 fully saturated rings. The fourth-order valence-electron chi connectivity index (χ4n) is 1.93. The van der Waals surface area contributed by atoms with Gasteiger partial charge in [-0.1, -0.05) is 41.4 Å². The van der Waals surface area contributed by atoms with Gasteiger partial charge >= 0.3 is 5.97 Å². The minimum Gasteiger partial charge on any atom is -0.478 e. The van der Waals surface area contributed by atoms with Gasteiger partial charge in [0.15, 0.2) is 0 Å². The molecule has 0 radical (unpaired) electrons. The van der Waals surface area contributed by atoms with Gasteiger partial charge in [-0.3, -0.25) is 0 Å². The Bertz CT molecular complexity index is 656. The molecule has 2 aromatic rings. The van der Waals surface area contributed by atoms with Crippen molar-refractivity contribution in [2.24, 2.45) is 0 Å². The van der Waals surface area contributed by atoms with Gasteiger partial charge in [-0.15, -0.1) is 0 Å². The van der Waals surface area contributed by atoms with E-state index < -0.39 is 5.97 Å². The average molecular weight is 310 g/mol. The third-order valence-corrected chi connectivity index (χ3v) is 3.92.